The molecule has 0 unspecified atom stereocenters. The van der Waals surface area contributed by atoms with Crippen molar-refractivity contribution in [3.05, 3.63) is 164 Å². The fourth-order valence-electron chi connectivity index (χ4n) is 6.95. The SMILES string of the molecule is c1ccc(-c2ccc(-c3cccc(-c4nc(-c5cccc6c5oc5ccccc56)nc(-c5cccc6oc7ccccc7c56)n4)c3)cc2)cc1. The van der Waals surface area contributed by atoms with Crippen LogP contribution in [0.4, 0.5) is 0 Å². The monoisotopic (exact) mass is 641 g/mol. The maximum atomic E-state index is 6.45. The smallest absolute Gasteiger partial charge is 0.167 e. The van der Waals surface area contributed by atoms with E-state index in [9.17, 15) is 0 Å². The van der Waals surface area contributed by atoms with E-state index in [0.717, 1.165) is 71.7 Å². The minimum atomic E-state index is 0.539. The Balaban J connectivity index is 1.17. The third kappa shape index (κ3) is 4.67. The van der Waals surface area contributed by atoms with E-state index in [1.165, 1.54) is 11.1 Å². The van der Waals surface area contributed by atoms with Crippen molar-refractivity contribution in [2.45, 2.75) is 0 Å². The Morgan fingerprint density at radius 3 is 1.66 bits per heavy atom. The van der Waals surface area contributed by atoms with E-state index in [4.69, 9.17) is 23.8 Å². The zero-order chi connectivity index (χ0) is 33.0. The first kappa shape index (κ1) is 28.2. The van der Waals surface area contributed by atoms with Crippen LogP contribution in [0.5, 0.6) is 0 Å². The van der Waals surface area contributed by atoms with Gasteiger partial charge < -0.3 is 8.83 Å². The second-order valence-corrected chi connectivity index (χ2v) is 12.4. The molecule has 0 fully saturated rings. The van der Waals surface area contributed by atoms with Gasteiger partial charge >= 0.3 is 0 Å². The van der Waals surface area contributed by atoms with Crippen molar-refractivity contribution in [3.8, 4) is 56.4 Å². The molecular formula is C45H27N3O2. The third-order valence-corrected chi connectivity index (χ3v) is 9.37. The lowest BCUT2D eigenvalue weighted by molar-refractivity contribution is 0.668. The summed E-state index contributed by atoms with van der Waals surface area (Å²) in [6, 6.07) is 55.8. The molecule has 0 spiro atoms. The van der Waals surface area contributed by atoms with Crippen molar-refractivity contribution in [3.63, 3.8) is 0 Å². The molecule has 50 heavy (non-hydrogen) atoms. The summed E-state index contributed by atoms with van der Waals surface area (Å²) in [6.07, 6.45) is 0. The van der Waals surface area contributed by atoms with Crippen LogP contribution in [0.25, 0.3) is 100 Å². The van der Waals surface area contributed by atoms with Crippen molar-refractivity contribution < 1.29 is 8.83 Å². The molecular weight excluding hydrogens is 615 g/mol. The van der Waals surface area contributed by atoms with E-state index in [2.05, 4.69) is 97.1 Å². The molecule has 0 aliphatic heterocycles. The maximum absolute atomic E-state index is 6.45. The predicted octanol–water partition coefficient (Wildman–Crippen LogP) is 12.0. The number of rotatable bonds is 5. The quantitative estimate of drug-likeness (QED) is 0.187. The Hall–Kier alpha value is -6.85. The number of nitrogens with zero attached hydrogens (tertiary/aromatic N) is 3. The van der Waals surface area contributed by atoms with Crippen molar-refractivity contribution in [1.82, 2.24) is 15.0 Å². The highest BCUT2D eigenvalue weighted by Crippen LogP contribution is 2.39. The fourth-order valence-corrected chi connectivity index (χ4v) is 6.95. The van der Waals surface area contributed by atoms with Crippen LogP contribution in [-0.4, -0.2) is 15.0 Å². The molecule has 10 aromatic rings. The van der Waals surface area contributed by atoms with Gasteiger partial charge in [0.05, 0.1) is 5.56 Å². The zero-order valence-corrected chi connectivity index (χ0v) is 26.7. The van der Waals surface area contributed by atoms with Gasteiger partial charge in [-0.05, 0) is 52.6 Å². The van der Waals surface area contributed by atoms with Crippen molar-refractivity contribution in [1.29, 1.82) is 0 Å². The molecule has 5 nitrogen and oxygen atoms in total. The Morgan fingerprint density at radius 1 is 0.320 bits per heavy atom. The van der Waals surface area contributed by atoms with Gasteiger partial charge in [0.15, 0.2) is 17.5 Å². The Bertz CT molecular complexity index is 2870. The number of aromatic nitrogens is 3. The number of hydrogen-bond donors (Lipinski definition) is 0. The van der Waals surface area contributed by atoms with Crippen LogP contribution in [-0.2, 0) is 0 Å². The van der Waals surface area contributed by atoms with Crippen LogP contribution in [0.15, 0.2) is 173 Å². The Morgan fingerprint density at radius 2 is 0.840 bits per heavy atom. The molecule has 0 amide bonds. The first-order chi connectivity index (χ1) is 24.8. The molecule has 5 heteroatoms. The average Bonchev–Trinajstić information content (AvgIpc) is 3.77. The summed E-state index contributed by atoms with van der Waals surface area (Å²) in [5.41, 5.74) is 10.3. The lowest BCUT2D eigenvalue weighted by atomic mass is 9.99. The summed E-state index contributed by atoms with van der Waals surface area (Å²) < 4.78 is 12.7. The second-order valence-electron chi connectivity index (χ2n) is 12.4. The van der Waals surface area contributed by atoms with Gasteiger partial charge in [0.2, 0.25) is 0 Å². The fraction of sp³-hybridized carbons (Fsp3) is 0. The van der Waals surface area contributed by atoms with Gasteiger partial charge in [-0.15, -0.1) is 0 Å². The Kier molecular flexibility index (Phi) is 6.42. The van der Waals surface area contributed by atoms with Crippen molar-refractivity contribution >= 4 is 43.9 Å². The highest BCUT2D eigenvalue weighted by Gasteiger charge is 2.20. The normalized spacial score (nSPS) is 11.6. The molecule has 0 bridgehead atoms. The van der Waals surface area contributed by atoms with E-state index in [1.807, 2.05) is 66.7 Å². The molecule has 0 saturated carbocycles. The predicted molar refractivity (Wildman–Crippen MR) is 202 cm³/mol. The molecule has 0 N–H and O–H groups in total. The lowest BCUT2D eigenvalue weighted by Gasteiger charge is -2.11. The second kappa shape index (κ2) is 11.4. The van der Waals surface area contributed by atoms with E-state index >= 15 is 0 Å². The van der Waals surface area contributed by atoms with Crippen LogP contribution in [0.2, 0.25) is 0 Å². The average molecular weight is 642 g/mol. The Labute approximate surface area is 287 Å². The number of para-hydroxylation sites is 3. The molecule has 234 valence electrons. The minimum Gasteiger partial charge on any atom is -0.456 e. The molecule has 3 aromatic heterocycles. The summed E-state index contributed by atoms with van der Waals surface area (Å²) in [5.74, 6) is 1.68. The number of furan rings is 2. The van der Waals surface area contributed by atoms with Crippen LogP contribution in [0.3, 0.4) is 0 Å². The molecule has 0 aliphatic carbocycles. The number of fused-ring (bicyclic) bond motifs is 6. The first-order valence-electron chi connectivity index (χ1n) is 16.6. The van der Waals surface area contributed by atoms with E-state index in [0.29, 0.717) is 17.5 Å². The minimum absolute atomic E-state index is 0.539. The highest BCUT2D eigenvalue weighted by atomic mass is 16.3. The summed E-state index contributed by atoms with van der Waals surface area (Å²) in [7, 11) is 0. The first-order valence-corrected chi connectivity index (χ1v) is 16.6. The van der Waals surface area contributed by atoms with Crippen LogP contribution < -0.4 is 0 Å². The number of benzene rings is 7. The zero-order valence-electron chi connectivity index (χ0n) is 26.7. The van der Waals surface area contributed by atoms with Gasteiger partial charge in [0, 0.05) is 32.7 Å². The van der Waals surface area contributed by atoms with Gasteiger partial charge in [0.1, 0.15) is 22.3 Å². The molecule has 0 radical (unpaired) electrons. The molecule has 3 heterocycles. The van der Waals surface area contributed by atoms with Gasteiger partial charge in [-0.2, -0.15) is 0 Å². The van der Waals surface area contributed by atoms with E-state index in [-0.39, 0.29) is 0 Å². The van der Waals surface area contributed by atoms with Crippen molar-refractivity contribution in [2.24, 2.45) is 0 Å². The largest absolute Gasteiger partial charge is 0.456 e. The van der Waals surface area contributed by atoms with Gasteiger partial charge in [-0.1, -0.05) is 133 Å². The maximum Gasteiger partial charge on any atom is 0.167 e. The van der Waals surface area contributed by atoms with E-state index in [1.54, 1.807) is 0 Å². The summed E-state index contributed by atoms with van der Waals surface area (Å²) >= 11 is 0. The summed E-state index contributed by atoms with van der Waals surface area (Å²) in [6.45, 7) is 0. The number of hydrogen-bond acceptors (Lipinski definition) is 5. The van der Waals surface area contributed by atoms with Crippen molar-refractivity contribution in [2.75, 3.05) is 0 Å². The molecule has 10 rings (SSSR count). The summed E-state index contributed by atoms with van der Waals surface area (Å²) in [5, 5.41) is 4.06. The van der Waals surface area contributed by atoms with Crippen LogP contribution >= 0.6 is 0 Å². The molecule has 0 atom stereocenters. The van der Waals surface area contributed by atoms with Gasteiger partial charge in [0.25, 0.3) is 0 Å². The van der Waals surface area contributed by atoms with E-state index < -0.39 is 0 Å². The highest BCUT2D eigenvalue weighted by molar-refractivity contribution is 6.12. The van der Waals surface area contributed by atoms with Crippen LogP contribution in [0, 0.1) is 0 Å². The molecule has 0 aliphatic rings. The summed E-state index contributed by atoms with van der Waals surface area (Å²) in [4.78, 5) is 15.4. The van der Waals surface area contributed by atoms with Gasteiger partial charge in [-0.3, -0.25) is 0 Å². The lowest BCUT2D eigenvalue weighted by Crippen LogP contribution is -2.00. The molecule has 7 aromatic carbocycles. The topological polar surface area (TPSA) is 65.0 Å². The third-order valence-electron chi connectivity index (χ3n) is 9.37. The van der Waals surface area contributed by atoms with Gasteiger partial charge in [-0.25, -0.2) is 15.0 Å². The molecule has 0 saturated heterocycles. The standard InChI is InChI=1S/C45H27N3O2/c1-2-11-28(12-3-1)29-23-25-30(26-24-29)31-13-8-14-32(27-31)43-46-44(36-18-10-22-40-41(36)35-16-5-7-21-39(35)49-40)48-45(47-43)37-19-9-17-34-33-15-4-6-20-38(33)50-42(34)37/h1-27H. The van der Waals surface area contributed by atoms with Crippen LogP contribution in [0.1, 0.15) is 0 Å².